The molecule has 21 heavy (non-hydrogen) atoms. The minimum Gasteiger partial charge on any atom is -0.481 e. The van der Waals surface area contributed by atoms with E-state index in [1.165, 1.54) is 5.56 Å². The highest BCUT2D eigenvalue weighted by molar-refractivity contribution is 5.92. The Balaban J connectivity index is 2.02. The third-order valence-electron chi connectivity index (χ3n) is 3.09. The van der Waals surface area contributed by atoms with E-state index in [1.807, 2.05) is 49.4 Å². The van der Waals surface area contributed by atoms with Crippen molar-refractivity contribution in [3.8, 4) is 11.1 Å². The number of rotatable bonds is 5. The fraction of sp³-hybridized carbons (Fsp3) is 0.176. The quantitative estimate of drug-likeness (QED) is 0.883. The zero-order valence-electron chi connectivity index (χ0n) is 11.8. The highest BCUT2D eigenvalue weighted by Gasteiger charge is 2.06. The van der Waals surface area contributed by atoms with Crippen molar-refractivity contribution in [2.24, 2.45) is 0 Å². The lowest BCUT2D eigenvalue weighted by Gasteiger charge is -2.07. The lowest BCUT2D eigenvalue weighted by atomic mass is 10.0. The molecular formula is C17H17NO3. The monoisotopic (exact) mass is 283 g/mol. The van der Waals surface area contributed by atoms with E-state index in [1.54, 1.807) is 0 Å². The van der Waals surface area contributed by atoms with Gasteiger partial charge in [0.1, 0.15) is 0 Å². The van der Waals surface area contributed by atoms with Gasteiger partial charge in [0.2, 0.25) is 5.91 Å². The first kappa shape index (κ1) is 14.8. The van der Waals surface area contributed by atoms with Crippen molar-refractivity contribution in [3.63, 3.8) is 0 Å². The van der Waals surface area contributed by atoms with Crippen molar-refractivity contribution in [3.05, 3.63) is 54.1 Å². The van der Waals surface area contributed by atoms with Crippen LogP contribution in [0.4, 0.5) is 5.69 Å². The van der Waals surface area contributed by atoms with Gasteiger partial charge in [-0.2, -0.15) is 0 Å². The molecule has 108 valence electrons. The van der Waals surface area contributed by atoms with Crippen molar-refractivity contribution in [1.82, 2.24) is 0 Å². The molecule has 0 aromatic heterocycles. The maximum absolute atomic E-state index is 11.5. The molecule has 0 saturated heterocycles. The molecule has 4 nitrogen and oxygen atoms in total. The second-order valence-electron chi connectivity index (χ2n) is 4.89. The Morgan fingerprint density at radius 3 is 2.33 bits per heavy atom. The zero-order valence-corrected chi connectivity index (χ0v) is 11.8. The first-order valence-corrected chi connectivity index (χ1v) is 6.73. The highest BCUT2D eigenvalue weighted by Crippen LogP contribution is 2.22. The van der Waals surface area contributed by atoms with Gasteiger partial charge in [0, 0.05) is 12.1 Å². The molecule has 0 heterocycles. The molecule has 0 fully saturated rings. The number of carboxylic acids is 1. The van der Waals surface area contributed by atoms with Crippen molar-refractivity contribution < 1.29 is 14.7 Å². The molecule has 0 spiro atoms. The van der Waals surface area contributed by atoms with Gasteiger partial charge in [0.25, 0.3) is 0 Å². The van der Waals surface area contributed by atoms with Gasteiger partial charge in [-0.15, -0.1) is 0 Å². The Bertz CT molecular complexity index is 647. The first-order chi connectivity index (χ1) is 10.0. The summed E-state index contributed by atoms with van der Waals surface area (Å²) in [6.07, 6.45) is -0.178. The van der Waals surface area contributed by atoms with Crippen LogP contribution in [0.5, 0.6) is 0 Å². The van der Waals surface area contributed by atoms with E-state index in [9.17, 15) is 9.59 Å². The number of carbonyl (C=O) groups excluding carboxylic acids is 1. The van der Waals surface area contributed by atoms with Gasteiger partial charge in [0.05, 0.1) is 6.42 Å². The standard InChI is InChI=1S/C17H17NO3/c1-12-3-2-4-14(11-12)13-5-7-15(8-6-13)18-16(19)9-10-17(20)21/h2-8,11H,9-10H2,1H3,(H,18,19)(H,20,21). The fourth-order valence-electron chi connectivity index (χ4n) is 2.01. The molecule has 0 aliphatic carbocycles. The third-order valence-corrected chi connectivity index (χ3v) is 3.09. The molecule has 0 saturated carbocycles. The summed E-state index contributed by atoms with van der Waals surface area (Å²) in [5, 5.41) is 11.2. The lowest BCUT2D eigenvalue weighted by Crippen LogP contribution is -2.13. The molecular weight excluding hydrogens is 266 g/mol. The van der Waals surface area contributed by atoms with Gasteiger partial charge in [0.15, 0.2) is 0 Å². The van der Waals surface area contributed by atoms with Gasteiger partial charge >= 0.3 is 5.97 Å². The topological polar surface area (TPSA) is 66.4 Å². The van der Waals surface area contributed by atoms with Gasteiger partial charge in [-0.3, -0.25) is 9.59 Å². The second-order valence-corrected chi connectivity index (χ2v) is 4.89. The third kappa shape index (κ3) is 4.45. The summed E-state index contributed by atoms with van der Waals surface area (Å²) in [6.45, 7) is 2.04. The zero-order chi connectivity index (χ0) is 15.2. The number of hydrogen-bond donors (Lipinski definition) is 2. The largest absolute Gasteiger partial charge is 0.481 e. The van der Waals surface area contributed by atoms with E-state index >= 15 is 0 Å². The molecule has 0 unspecified atom stereocenters. The van der Waals surface area contributed by atoms with Crippen LogP contribution in [-0.4, -0.2) is 17.0 Å². The minimum absolute atomic E-state index is 0.0189. The average Bonchev–Trinajstić information content (AvgIpc) is 2.46. The van der Waals surface area contributed by atoms with Crippen LogP contribution in [0.25, 0.3) is 11.1 Å². The van der Waals surface area contributed by atoms with Crippen molar-refractivity contribution >= 4 is 17.6 Å². The molecule has 2 N–H and O–H groups in total. The van der Waals surface area contributed by atoms with Crippen LogP contribution < -0.4 is 5.32 Å². The summed E-state index contributed by atoms with van der Waals surface area (Å²) in [6, 6.07) is 15.7. The Kier molecular flexibility index (Phi) is 4.72. The Labute approximate surface area is 123 Å². The molecule has 0 aliphatic heterocycles. The number of carbonyl (C=O) groups is 2. The first-order valence-electron chi connectivity index (χ1n) is 6.73. The maximum atomic E-state index is 11.5. The van der Waals surface area contributed by atoms with Crippen LogP contribution in [0, 0.1) is 6.92 Å². The predicted octanol–water partition coefficient (Wildman–Crippen LogP) is 3.47. The smallest absolute Gasteiger partial charge is 0.303 e. The van der Waals surface area contributed by atoms with Crippen molar-refractivity contribution in [1.29, 1.82) is 0 Å². The van der Waals surface area contributed by atoms with Gasteiger partial charge in [-0.1, -0.05) is 42.0 Å². The van der Waals surface area contributed by atoms with Crippen LogP contribution in [0.2, 0.25) is 0 Å². The summed E-state index contributed by atoms with van der Waals surface area (Å²) >= 11 is 0. The molecule has 0 bridgehead atoms. The predicted molar refractivity (Wildman–Crippen MR) is 82.1 cm³/mol. The molecule has 2 rings (SSSR count). The van der Waals surface area contributed by atoms with Crippen LogP contribution >= 0.6 is 0 Å². The molecule has 2 aromatic rings. The average molecular weight is 283 g/mol. The summed E-state index contributed by atoms with van der Waals surface area (Å²) in [4.78, 5) is 21.9. The number of nitrogens with one attached hydrogen (secondary N) is 1. The van der Waals surface area contributed by atoms with Gasteiger partial charge in [-0.05, 0) is 30.2 Å². The van der Waals surface area contributed by atoms with E-state index in [0.29, 0.717) is 5.69 Å². The van der Waals surface area contributed by atoms with Crippen LogP contribution in [0.3, 0.4) is 0 Å². The Hall–Kier alpha value is -2.62. The number of benzene rings is 2. The number of aryl methyl sites for hydroxylation is 1. The second kappa shape index (κ2) is 6.70. The number of hydrogen-bond acceptors (Lipinski definition) is 2. The Morgan fingerprint density at radius 1 is 1.00 bits per heavy atom. The van der Waals surface area contributed by atoms with Crippen LogP contribution in [-0.2, 0) is 9.59 Å². The molecule has 2 aromatic carbocycles. The Morgan fingerprint density at radius 2 is 1.71 bits per heavy atom. The minimum atomic E-state index is -0.972. The van der Waals surface area contributed by atoms with E-state index in [0.717, 1.165) is 11.1 Å². The normalized spacial score (nSPS) is 10.1. The number of carboxylic acid groups (broad SMARTS) is 1. The maximum Gasteiger partial charge on any atom is 0.303 e. The highest BCUT2D eigenvalue weighted by atomic mass is 16.4. The van der Waals surface area contributed by atoms with E-state index in [-0.39, 0.29) is 18.7 Å². The van der Waals surface area contributed by atoms with E-state index in [4.69, 9.17) is 5.11 Å². The lowest BCUT2D eigenvalue weighted by molar-refractivity contribution is -0.138. The number of amides is 1. The molecule has 0 radical (unpaired) electrons. The number of anilines is 1. The summed E-state index contributed by atoms with van der Waals surface area (Å²) in [5.74, 6) is -1.26. The molecule has 4 heteroatoms. The summed E-state index contributed by atoms with van der Waals surface area (Å²) in [7, 11) is 0. The van der Waals surface area contributed by atoms with E-state index in [2.05, 4.69) is 11.4 Å². The van der Waals surface area contributed by atoms with Gasteiger partial charge < -0.3 is 10.4 Å². The fourth-order valence-corrected chi connectivity index (χ4v) is 2.01. The van der Waals surface area contributed by atoms with Gasteiger partial charge in [-0.25, -0.2) is 0 Å². The van der Waals surface area contributed by atoms with E-state index < -0.39 is 5.97 Å². The molecule has 1 amide bonds. The van der Waals surface area contributed by atoms with Crippen molar-refractivity contribution in [2.75, 3.05) is 5.32 Å². The molecule has 0 atom stereocenters. The van der Waals surface area contributed by atoms with Crippen LogP contribution in [0.1, 0.15) is 18.4 Å². The van der Waals surface area contributed by atoms with Crippen LogP contribution in [0.15, 0.2) is 48.5 Å². The summed E-state index contributed by atoms with van der Waals surface area (Å²) < 4.78 is 0. The van der Waals surface area contributed by atoms with Crippen molar-refractivity contribution in [2.45, 2.75) is 19.8 Å². The molecule has 0 aliphatic rings. The summed E-state index contributed by atoms with van der Waals surface area (Å²) in [5.41, 5.74) is 4.06. The SMILES string of the molecule is Cc1cccc(-c2ccc(NC(=O)CCC(=O)O)cc2)c1. The number of aliphatic carboxylic acids is 1.